The van der Waals surface area contributed by atoms with E-state index < -0.39 is 17.4 Å². The largest absolute Gasteiger partial charge is 0.487 e. The molecule has 0 saturated carbocycles. The highest BCUT2D eigenvalue weighted by molar-refractivity contribution is 5.86. The fraction of sp³-hybridized carbons (Fsp3) is 0.409. The molecule has 168 valence electrons. The SMILES string of the molecule is N#Cc1cncc2c1O[C@H]1C[C@@H]2N(C(=O)C2(F)CCN(c3ccnc4c(F)cnn34)CC2)C1. The fourth-order valence-electron chi connectivity index (χ4n) is 5.13. The van der Waals surface area contributed by atoms with E-state index in [1.165, 1.54) is 16.9 Å². The minimum Gasteiger partial charge on any atom is -0.487 e. The van der Waals surface area contributed by atoms with Crippen LogP contribution < -0.4 is 9.64 Å². The lowest BCUT2D eigenvalue weighted by Gasteiger charge is -2.39. The van der Waals surface area contributed by atoms with Crippen molar-refractivity contribution in [1.82, 2.24) is 24.5 Å². The van der Waals surface area contributed by atoms with Crippen LogP contribution in [0.25, 0.3) is 5.65 Å². The summed E-state index contributed by atoms with van der Waals surface area (Å²) in [6, 6.07) is 3.41. The van der Waals surface area contributed by atoms with Crippen LogP contribution in [0.4, 0.5) is 14.6 Å². The minimum atomic E-state index is -2.02. The lowest BCUT2D eigenvalue weighted by atomic mass is 9.90. The average Bonchev–Trinajstić information content (AvgIpc) is 3.39. The van der Waals surface area contributed by atoms with E-state index >= 15 is 4.39 Å². The Morgan fingerprint density at radius 3 is 2.88 bits per heavy atom. The Kier molecular flexibility index (Phi) is 4.27. The van der Waals surface area contributed by atoms with Gasteiger partial charge < -0.3 is 14.5 Å². The Balaban J connectivity index is 1.23. The molecule has 33 heavy (non-hydrogen) atoms. The Hall–Kier alpha value is -3.81. The van der Waals surface area contributed by atoms with E-state index in [0.29, 0.717) is 29.1 Å². The van der Waals surface area contributed by atoms with E-state index in [1.807, 2.05) is 4.90 Å². The molecular weight excluding hydrogens is 432 g/mol. The maximum absolute atomic E-state index is 16.0. The molecule has 1 amide bonds. The fourth-order valence-corrected chi connectivity index (χ4v) is 5.13. The number of anilines is 1. The minimum absolute atomic E-state index is 0.00249. The number of carbonyl (C=O) groups excluding carboxylic acids is 1. The van der Waals surface area contributed by atoms with Crippen LogP contribution in [0.1, 0.15) is 36.4 Å². The molecule has 3 aromatic rings. The normalized spacial score (nSPS) is 23.2. The smallest absolute Gasteiger partial charge is 0.261 e. The highest BCUT2D eigenvalue weighted by atomic mass is 19.1. The van der Waals surface area contributed by atoms with Crippen molar-refractivity contribution in [1.29, 1.82) is 5.26 Å². The third kappa shape index (κ3) is 2.93. The molecule has 0 unspecified atom stereocenters. The van der Waals surface area contributed by atoms with Crippen molar-refractivity contribution in [2.24, 2.45) is 0 Å². The summed E-state index contributed by atoms with van der Waals surface area (Å²) in [5, 5.41) is 13.4. The predicted molar refractivity (Wildman–Crippen MR) is 111 cm³/mol. The number of rotatable bonds is 2. The van der Waals surface area contributed by atoms with Crippen LogP contribution in [-0.2, 0) is 4.79 Å². The van der Waals surface area contributed by atoms with E-state index in [9.17, 15) is 14.4 Å². The van der Waals surface area contributed by atoms with Gasteiger partial charge in [-0.2, -0.15) is 14.9 Å². The maximum Gasteiger partial charge on any atom is 0.261 e. The zero-order chi connectivity index (χ0) is 22.7. The number of aromatic nitrogens is 4. The predicted octanol–water partition coefficient (Wildman–Crippen LogP) is 2.18. The van der Waals surface area contributed by atoms with E-state index in [1.54, 1.807) is 17.2 Å². The number of carbonyl (C=O) groups is 1. The molecule has 9 nitrogen and oxygen atoms in total. The Bertz CT molecular complexity index is 1310. The maximum atomic E-state index is 16.0. The van der Waals surface area contributed by atoms with Crippen LogP contribution in [0.3, 0.4) is 0 Å². The molecule has 0 aliphatic carbocycles. The van der Waals surface area contributed by atoms with Crippen LogP contribution in [0.5, 0.6) is 5.75 Å². The summed E-state index contributed by atoms with van der Waals surface area (Å²) >= 11 is 0. The van der Waals surface area contributed by atoms with Crippen LogP contribution in [0.15, 0.2) is 30.9 Å². The molecule has 0 radical (unpaired) electrons. The van der Waals surface area contributed by atoms with Gasteiger partial charge in [-0.05, 0) is 6.07 Å². The third-order valence-corrected chi connectivity index (χ3v) is 6.81. The molecule has 6 rings (SSSR count). The lowest BCUT2D eigenvalue weighted by molar-refractivity contribution is -0.146. The number of fused-ring (bicyclic) bond motifs is 5. The zero-order valence-corrected chi connectivity index (χ0v) is 17.5. The van der Waals surface area contributed by atoms with Crippen LogP contribution in [0.2, 0.25) is 0 Å². The second kappa shape index (κ2) is 7.10. The lowest BCUT2D eigenvalue weighted by Crippen LogP contribution is -2.52. The van der Waals surface area contributed by atoms with E-state index in [0.717, 1.165) is 6.20 Å². The molecule has 0 N–H and O–H groups in total. The van der Waals surface area contributed by atoms with Gasteiger partial charge in [0.05, 0.1) is 18.8 Å². The van der Waals surface area contributed by atoms with Crippen LogP contribution in [-0.4, -0.2) is 61.8 Å². The van der Waals surface area contributed by atoms with E-state index in [2.05, 4.69) is 21.1 Å². The van der Waals surface area contributed by atoms with Crippen molar-refractivity contribution in [3.05, 3.63) is 47.8 Å². The molecule has 11 heteroatoms. The number of likely N-dealkylation sites (tertiary alicyclic amines) is 1. The van der Waals surface area contributed by atoms with Crippen LogP contribution >= 0.6 is 0 Å². The second-order valence-electron chi connectivity index (χ2n) is 8.65. The van der Waals surface area contributed by atoms with Crippen molar-refractivity contribution in [2.45, 2.75) is 37.1 Å². The van der Waals surface area contributed by atoms with Gasteiger partial charge in [0.1, 0.15) is 29.3 Å². The van der Waals surface area contributed by atoms with Crippen molar-refractivity contribution in [2.75, 3.05) is 24.5 Å². The molecule has 0 spiro atoms. The molecule has 0 aromatic carbocycles. The first-order valence-corrected chi connectivity index (χ1v) is 10.8. The van der Waals surface area contributed by atoms with E-state index in [4.69, 9.17) is 4.74 Å². The molecule has 2 atom stereocenters. The number of hydrogen-bond acceptors (Lipinski definition) is 7. The Morgan fingerprint density at radius 2 is 2.09 bits per heavy atom. The number of nitriles is 1. The molecule has 3 aliphatic rings. The first-order valence-electron chi connectivity index (χ1n) is 10.8. The van der Waals surface area contributed by atoms with Crippen molar-refractivity contribution in [3.63, 3.8) is 0 Å². The summed E-state index contributed by atoms with van der Waals surface area (Å²) < 4.78 is 37.1. The van der Waals surface area contributed by atoms with Gasteiger partial charge in [0.2, 0.25) is 0 Å². The van der Waals surface area contributed by atoms with Gasteiger partial charge in [0, 0.05) is 56.5 Å². The van der Waals surface area contributed by atoms with E-state index in [-0.39, 0.29) is 50.3 Å². The number of piperidine rings is 1. The van der Waals surface area contributed by atoms with Crippen LogP contribution in [0, 0.1) is 17.1 Å². The highest BCUT2D eigenvalue weighted by Crippen LogP contribution is 2.46. The van der Waals surface area contributed by atoms with Gasteiger partial charge in [0.25, 0.3) is 5.91 Å². The summed E-state index contributed by atoms with van der Waals surface area (Å²) in [5.41, 5.74) is -0.944. The molecule has 3 aromatic heterocycles. The first-order chi connectivity index (χ1) is 16.0. The third-order valence-electron chi connectivity index (χ3n) is 6.81. The summed E-state index contributed by atoms with van der Waals surface area (Å²) in [6.45, 7) is 0.825. The summed E-state index contributed by atoms with van der Waals surface area (Å²) in [4.78, 5) is 24.9. The van der Waals surface area contributed by atoms with Crippen molar-refractivity contribution < 1.29 is 18.3 Å². The van der Waals surface area contributed by atoms with Gasteiger partial charge in [-0.25, -0.2) is 13.8 Å². The molecule has 3 aliphatic heterocycles. The Morgan fingerprint density at radius 1 is 1.27 bits per heavy atom. The topological polar surface area (TPSA) is 99.6 Å². The van der Waals surface area contributed by atoms with Gasteiger partial charge in [-0.1, -0.05) is 0 Å². The summed E-state index contributed by atoms with van der Waals surface area (Å²) in [5.74, 6) is -0.0353. The highest BCUT2D eigenvalue weighted by Gasteiger charge is 2.51. The number of halogens is 2. The van der Waals surface area contributed by atoms with Crippen molar-refractivity contribution >= 4 is 17.4 Å². The summed E-state index contributed by atoms with van der Waals surface area (Å²) in [6.07, 6.45) is 5.88. The quantitative estimate of drug-likeness (QED) is 0.589. The molecule has 2 bridgehead atoms. The molecule has 2 fully saturated rings. The monoisotopic (exact) mass is 451 g/mol. The standard InChI is InChI=1S/C22H19F2N7O2/c23-16-11-28-31-18(1-4-27-20(16)31)29-5-2-22(24,3-6-29)21(32)30-12-14-7-17(30)15-10-26-9-13(8-25)19(15)33-14/h1,4,9-11,14,17H,2-3,5-7,12H2/t14-,17-/m0/s1. The molecular formula is C22H19F2N7O2. The number of amides is 1. The number of ether oxygens (including phenoxy) is 1. The molecule has 2 saturated heterocycles. The Labute approximate surface area is 187 Å². The van der Waals surface area contributed by atoms with Gasteiger partial charge in [-0.15, -0.1) is 0 Å². The van der Waals surface area contributed by atoms with Gasteiger partial charge in [0.15, 0.2) is 17.1 Å². The van der Waals surface area contributed by atoms with Crippen molar-refractivity contribution in [3.8, 4) is 11.8 Å². The first kappa shape index (κ1) is 19.8. The zero-order valence-electron chi connectivity index (χ0n) is 17.5. The number of nitrogens with zero attached hydrogens (tertiary/aromatic N) is 7. The average molecular weight is 451 g/mol. The molecule has 6 heterocycles. The number of hydrogen-bond donors (Lipinski definition) is 0. The second-order valence-corrected chi connectivity index (χ2v) is 8.65. The number of pyridine rings is 1. The number of alkyl halides is 1. The van der Waals surface area contributed by atoms with Gasteiger partial charge in [-0.3, -0.25) is 9.78 Å². The van der Waals surface area contributed by atoms with Gasteiger partial charge >= 0.3 is 0 Å². The summed E-state index contributed by atoms with van der Waals surface area (Å²) in [7, 11) is 0.